The molecule has 3 aromatic rings. The van der Waals surface area contributed by atoms with Gasteiger partial charge in [-0.15, -0.1) is 0 Å². The van der Waals surface area contributed by atoms with Crippen LogP contribution in [0.3, 0.4) is 0 Å². The van der Waals surface area contributed by atoms with Gasteiger partial charge in [-0.2, -0.15) is 0 Å². The van der Waals surface area contributed by atoms with Crippen molar-refractivity contribution in [2.24, 2.45) is 5.92 Å². The molecular weight excluding hydrogens is 537 g/mol. The molecule has 0 aliphatic rings. The van der Waals surface area contributed by atoms with E-state index in [-0.39, 0.29) is 24.2 Å². The highest BCUT2D eigenvalue weighted by Gasteiger charge is 2.12. The van der Waals surface area contributed by atoms with Crippen molar-refractivity contribution in [1.29, 1.82) is 0 Å². The van der Waals surface area contributed by atoms with Crippen LogP contribution >= 0.6 is 23.2 Å². The minimum absolute atomic E-state index is 0.115. The topological polar surface area (TPSA) is 64.0 Å². The van der Waals surface area contributed by atoms with Gasteiger partial charge in [0, 0.05) is 38.2 Å². The van der Waals surface area contributed by atoms with Crippen LogP contribution in [0.1, 0.15) is 40.0 Å². The first-order valence-corrected chi connectivity index (χ1v) is 14.2. The fourth-order valence-electron chi connectivity index (χ4n) is 4.28. The molecule has 9 heteroatoms. The minimum atomic E-state index is -0.318. The lowest BCUT2D eigenvalue weighted by Crippen LogP contribution is -2.34. The van der Waals surface area contributed by atoms with Crippen molar-refractivity contribution in [3.05, 3.63) is 68.9 Å². The van der Waals surface area contributed by atoms with Crippen molar-refractivity contribution in [2.45, 2.75) is 46.8 Å². The lowest BCUT2D eigenvalue weighted by atomic mass is 10.1. The van der Waals surface area contributed by atoms with Gasteiger partial charge in [0.25, 0.3) is 5.56 Å². The van der Waals surface area contributed by atoms with E-state index in [1.54, 1.807) is 12.1 Å². The second-order valence-electron chi connectivity index (χ2n) is 10.1. The Morgan fingerprint density at radius 1 is 1.03 bits per heavy atom. The van der Waals surface area contributed by atoms with Crippen molar-refractivity contribution in [2.75, 3.05) is 44.7 Å². The Labute approximate surface area is 241 Å². The maximum absolute atomic E-state index is 12.5. The summed E-state index contributed by atoms with van der Waals surface area (Å²) in [4.78, 5) is 29.0. The molecule has 1 heterocycles. The summed E-state index contributed by atoms with van der Waals surface area (Å²) in [5, 5.41) is 2.04. The number of ether oxygens (including phenoxy) is 2. The first kappa shape index (κ1) is 30.8. The van der Waals surface area contributed by atoms with Gasteiger partial charge < -0.3 is 19.3 Å². The predicted molar refractivity (Wildman–Crippen MR) is 160 cm³/mol. The highest BCUT2D eigenvalue weighted by Crippen LogP contribution is 2.32. The number of nitrogens with zero attached hydrogens (tertiary/aromatic N) is 3. The van der Waals surface area contributed by atoms with Gasteiger partial charge >= 0.3 is 5.97 Å². The summed E-state index contributed by atoms with van der Waals surface area (Å²) in [6.45, 7) is 10.0. The normalized spacial score (nSPS) is 11.4. The average Bonchev–Trinajstić information content (AvgIpc) is 2.90. The van der Waals surface area contributed by atoms with E-state index in [0.717, 1.165) is 50.1 Å². The zero-order chi connectivity index (χ0) is 28.4. The van der Waals surface area contributed by atoms with Crippen LogP contribution in [-0.4, -0.2) is 55.3 Å². The number of likely N-dealkylation sites (N-methyl/N-ethyl adjacent to an activating group) is 2. The molecule has 0 unspecified atom stereocenters. The Morgan fingerprint density at radius 3 is 2.54 bits per heavy atom. The van der Waals surface area contributed by atoms with Crippen molar-refractivity contribution >= 4 is 45.8 Å². The van der Waals surface area contributed by atoms with Gasteiger partial charge in [-0.25, -0.2) is 0 Å². The Kier molecular flexibility index (Phi) is 12.0. The van der Waals surface area contributed by atoms with Gasteiger partial charge in [0.05, 0.1) is 27.9 Å². The van der Waals surface area contributed by atoms with Gasteiger partial charge in [-0.1, -0.05) is 43.1 Å². The quantitative estimate of drug-likeness (QED) is 0.153. The molecule has 0 fully saturated rings. The van der Waals surface area contributed by atoms with E-state index in [1.165, 1.54) is 10.6 Å². The zero-order valence-electron chi connectivity index (χ0n) is 23.3. The first-order chi connectivity index (χ1) is 18.7. The number of pyridine rings is 1. The van der Waals surface area contributed by atoms with E-state index in [0.29, 0.717) is 34.3 Å². The number of unbranched alkanes of at least 4 members (excludes halogenated alkanes) is 1. The molecule has 7 nitrogen and oxygen atoms in total. The Bertz CT molecular complexity index is 1290. The number of halogens is 2. The second-order valence-corrected chi connectivity index (χ2v) is 10.9. The highest BCUT2D eigenvalue weighted by atomic mass is 35.5. The molecule has 3 rings (SSSR count). The number of hydrogen-bond donors (Lipinski definition) is 0. The third-order valence-electron chi connectivity index (χ3n) is 6.50. The Hall–Kier alpha value is -2.74. The summed E-state index contributed by atoms with van der Waals surface area (Å²) in [7, 11) is 2.12. The summed E-state index contributed by atoms with van der Waals surface area (Å²) in [6.07, 6.45) is 2.20. The van der Waals surface area contributed by atoms with Crippen molar-refractivity contribution < 1.29 is 14.3 Å². The zero-order valence-corrected chi connectivity index (χ0v) is 24.8. The Balaban J connectivity index is 1.47. The molecule has 0 amide bonds. The number of rotatable bonds is 15. The fourth-order valence-corrected chi connectivity index (χ4v) is 4.70. The smallest absolute Gasteiger partial charge is 0.307 e. The molecular formula is C30H39Cl2N3O4. The van der Waals surface area contributed by atoms with Crippen LogP contribution in [0.2, 0.25) is 10.0 Å². The number of esters is 1. The van der Waals surface area contributed by atoms with Gasteiger partial charge in [0.2, 0.25) is 0 Å². The molecule has 39 heavy (non-hydrogen) atoms. The van der Waals surface area contributed by atoms with Crippen LogP contribution in [0.4, 0.5) is 5.69 Å². The standard InChI is InChI=1S/C30H39Cl2N3O4/c1-5-34(26-10-8-9-25(31)30(26)32)17-16-33(4)15-6-7-18-38-24-13-11-23-12-14-28(36)35(27(23)20-24)21-39-29(37)19-22(2)3/h8-14,20,22H,5-7,15-19,21H2,1-4H3. The minimum Gasteiger partial charge on any atom is -0.494 e. The summed E-state index contributed by atoms with van der Waals surface area (Å²) in [5.74, 6) is 0.559. The molecule has 2 aromatic carbocycles. The maximum Gasteiger partial charge on any atom is 0.307 e. The summed E-state index contributed by atoms with van der Waals surface area (Å²) < 4.78 is 12.8. The van der Waals surface area contributed by atoms with Crippen molar-refractivity contribution in [1.82, 2.24) is 9.47 Å². The molecule has 0 aliphatic carbocycles. The number of fused-ring (bicyclic) bond motifs is 1. The predicted octanol–water partition coefficient (Wildman–Crippen LogP) is 6.47. The third-order valence-corrected chi connectivity index (χ3v) is 7.31. The maximum atomic E-state index is 12.5. The summed E-state index contributed by atoms with van der Waals surface area (Å²) in [6, 6.07) is 14.6. The molecule has 0 atom stereocenters. The Morgan fingerprint density at radius 2 is 1.79 bits per heavy atom. The molecule has 0 radical (unpaired) electrons. The molecule has 0 saturated carbocycles. The SMILES string of the molecule is CCN(CCN(C)CCCCOc1ccc2ccc(=O)n(COC(=O)CC(C)C)c2c1)c1cccc(Cl)c1Cl. The lowest BCUT2D eigenvalue weighted by molar-refractivity contribution is -0.148. The molecule has 0 N–H and O–H groups in total. The lowest BCUT2D eigenvalue weighted by Gasteiger charge is -2.27. The summed E-state index contributed by atoms with van der Waals surface area (Å²) >= 11 is 12.6. The van der Waals surface area contributed by atoms with Crippen LogP contribution < -0.4 is 15.2 Å². The van der Waals surface area contributed by atoms with Gasteiger partial charge in [0.1, 0.15) is 5.75 Å². The number of anilines is 1. The fraction of sp³-hybridized carbons (Fsp3) is 0.467. The molecule has 0 aliphatic heterocycles. The molecule has 1 aromatic heterocycles. The average molecular weight is 577 g/mol. The summed E-state index contributed by atoms with van der Waals surface area (Å²) in [5.41, 5.74) is 1.42. The molecule has 0 bridgehead atoms. The highest BCUT2D eigenvalue weighted by molar-refractivity contribution is 6.43. The van der Waals surface area contributed by atoms with E-state index >= 15 is 0 Å². The number of carbonyl (C=O) groups excluding carboxylic acids is 1. The van der Waals surface area contributed by atoms with E-state index in [2.05, 4.69) is 23.8 Å². The number of hydrogen-bond acceptors (Lipinski definition) is 6. The van der Waals surface area contributed by atoms with Gasteiger partial charge in [-0.3, -0.25) is 14.2 Å². The van der Waals surface area contributed by atoms with Crippen LogP contribution in [0.5, 0.6) is 5.75 Å². The first-order valence-electron chi connectivity index (χ1n) is 13.5. The largest absolute Gasteiger partial charge is 0.494 e. The van der Waals surface area contributed by atoms with Crippen molar-refractivity contribution in [3.8, 4) is 5.75 Å². The van der Waals surface area contributed by atoms with Gasteiger partial charge in [-0.05, 0) is 75.0 Å². The molecule has 0 saturated heterocycles. The molecule has 212 valence electrons. The van der Waals surface area contributed by atoms with E-state index < -0.39 is 0 Å². The number of carbonyl (C=O) groups is 1. The third kappa shape index (κ3) is 9.16. The van der Waals surface area contributed by atoms with Crippen LogP contribution in [-0.2, 0) is 16.3 Å². The number of benzene rings is 2. The number of aromatic nitrogens is 1. The van der Waals surface area contributed by atoms with Crippen LogP contribution in [0, 0.1) is 5.92 Å². The van der Waals surface area contributed by atoms with E-state index in [1.807, 2.05) is 44.2 Å². The van der Waals surface area contributed by atoms with Crippen LogP contribution in [0.15, 0.2) is 53.3 Å². The van der Waals surface area contributed by atoms with Gasteiger partial charge in [0.15, 0.2) is 6.73 Å². The van der Waals surface area contributed by atoms with Crippen LogP contribution in [0.25, 0.3) is 10.9 Å². The monoisotopic (exact) mass is 575 g/mol. The van der Waals surface area contributed by atoms with E-state index in [4.69, 9.17) is 32.7 Å². The van der Waals surface area contributed by atoms with E-state index in [9.17, 15) is 9.59 Å². The van der Waals surface area contributed by atoms with Crippen molar-refractivity contribution in [3.63, 3.8) is 0 Å². The molecule has 0 spiro atoms. The second kappa shape index (κ2) is 15.2.